The molecule has 0 atom stereocenters. The Morgan fingerprint density at radius 1 is 0.906 bits per heavy atom. The molecule has 4 rings (SSSR count). The number of aromatic amines is 1. The first-order chi connectivity index (χ1) is 15.6. The fourth-order valence-corrected chi connectivity index (χ4v) is 3.14. The molecule has 7 nitrogen and oxygen atoms in total. The van der Waals surface area contributed by atoms with E-state index < -0.39 is 11.9 Å². The fraction of sp³-hybridized carbons (Fsp3) is 0.120. The maximum Gasteiger partial charge on any atom is 0.343 e. The quantitative estimate of drug-likeness (QED) is 0.355. The van der Waals surface area contributed by atoms with Gasteiger partial charge in [0, 0.05) is 6.42 Å². The van der Waals surface area contributed by atoms with Gasteiger partial charge in [0.1, 0.15) is 18.1 Å². The Labute approximate surface area is 183 Å². The van der Waals surface area contributed by atoms with Gasteiger partial charge in [0.15, 0.2) is 0 Å². The molecule has 1 N–H and O–H groups in total. The van der Waals surface area contributed by atoms with Crippen molar-refractivity contribution in [3.8, 4) is 5.75 Å². The van der Waals surface area contributed by atoms with Gasteiger partial charge in [-0.05, 0) is 42.0 Å². The summed E-state index contributed by atoms with van der Waals surface area (Å²) in [5.74, 6) is -0.505. The fourth-order valence-electron chi connectivity index (χ4n) is 3.14. The summed E-state index contributed by atoms with van der Waals surface area (Å²) < 4.78 is 10.6. The minimum atomic E-state index is -0.494. The van der Waals surface area contributed by atoms with Gasteiger partial charge >= 0.3 is 11.9 Å². The maximum absolute atomic E-state index is 12.3. The van der Waals surface area contributed by atoms with E-state index in [2.05, 4.69) is 9.97 Å². The Morgan fingerprint density at radius 2 is 1.69 bits per heavy atom. The predicted octanol–water partition coefficient (Wildman–Crippen LogP) is 3.82. The number of nitrogens with zero attached hydrogens (tertiary/aromatic N) is 1. The molecule has 1 heterocycles. The molecule has 0 bridgehead atoms. The molecule has 0 fully saturated rings. The number of aryl methyl sites for hydroxylation is 1. The number of carbonyl (C=O) groups is 2. The molecule has 1 aromatic heterocycles. The SMILES string of the molecule is O=C(CCc1nc2ccccc2[nH]c1=O)OCc1cccc(C(=O)Oc2ccccc2)c1. The third-order valence-corrected chi connectivity index (χ3v) is 4.75. The standard InChI is InChI=1S/C25H20N2O5/c28-23(14-13-22-24(29)27-21-12-5-4-11-20(21)26-22)31-16-17-7-6-8-18(15-17)25(30)32-19-9-2-1-3-10-19/h1-12,15H,13-14,16H2,(H,27,29). The van der Waals surface area contributed by atoms with Crippen LogP contribution in [0, 0.1) is 0 Å². The van der Waals surface area contributed by atoms with Crippen LogP contribution in [0.5, 0.6) is 5.75 Å². The molecule has 0 saturated carbocycles. The summed E-state index contributed by atoms with van der Waals surface area (Å²) in [6.07, 6.45) is 0.187. The van der Waals surface area contributed by atoms with E-state index in [1.165, 1.54) is 0 Å². The van der Waals surface area contributed by atoms with E-state index in [-0.39, 0.29) is 30.7 Å². The van der Waals surface area contributed by atoms with Crippen LogP contribution in [0.1, 0.15) is 28.0 Å². The number of nitrogens with one attached hydrogen (secondary N) is 1. The zero-order valence-electron chi connectivity index (χ0n) is 17.1. The van der Waals surface area contributed by atoms with Gasteiger partial charge in [0.05, 0.1) is 23.0 Å². The second kappa shape index (κ2) is 9.70. The van der Waals surface area contributed by atoms with Crippen molar-refractivity contribution in [2.75, 3.05) is 0 Å². The normalized spacial score (nSPS) is 10.6. The Bertz CT molecular complexity index is 1310. The number of ether oxygens (including phenoxy) is 2. The van der Waals surface area contributed by atoms with Crippen LogP contribution in [0.15, 0.2) is 83.7 Å². The van der Waals surface area contributed by atoms with Crippen molar-refractivity contribution >= 4 is 23.0 Å². The van der Waals surface area contributed by atoms with Crippen LogP contribution in [0.3, 0.4) is 0 Å². The molecule has 0 radical (unpaired) electrons. The first-order valence-electron chi connectivity index (χ1n) is 10.1. The minimum Gasteiger partial charge on any atom is -0.461 e. The third-order valence-electron chi connectivity index (χ3n) is 4.75. The average molecular weight is 428 g/mol. The summed E-state index contributed by atoms with van der Waals surface area (Å²) >= 11 is 0. The molecule has 4 aromatic rings. The topological polar surface area (TPSA) is 98.4 Å². The van der Waals surface area contributed by atoms with Gasteiger partial charge in [0.25, 0.3) is 5.56 Å². The molecule has 160 valence electrons. The molecule has 0 aliphatic heterocycles. The molecule has 7 heteroatoms. The molecule has 0 unspecified atom stereocenters. The van der Waals surface area contributed by atoms with Crippen LogP contribution in [0.4, 0.5) is 0 Å². The van der Waals surface area contributed by atoms with Gasteiger partial charge in [-0.3, -0.25) is 9.59 Å². The number of rotatable bonds is 7. The number of H-pyrrole nitrogens is 1. The van der Waals surface area contributed by atoms with Crippen molar-refractivity contribution < 1.29 is 19.1 Å². The smallest absolute Gasteiger partial charge is 0.343 e. The first kappa shape index (κ1) is 21.0. The average Bonchev–Trinajstić information content (AvgIpc) is 2.82. The highest BCUT2D eigenvalue weighted by atomic mass is 16.5. The van der Waals surface area contributed by atoms with Gasteiger partial charge < -0.3 is 14.5 Å². The Hall–Kier alpha value is -4.26. The highest BCUT2D eigenvalue weighted by Crippen LogP contribution is 2.14. The molecule has 3 aromatic carbocycles. The van der Waals surface area contributed by atoms with Crippen LogP contribution < -0.4 is 10.3 Å². The van der Waals surface area contributed by atoms with Crippen molar-refractivity contribution in [1.29, 1.82) is 0 Å². The largest absolute Gasteiger partial charge is 0.461 e. The number of fused-ring (bicyclic) bond motifs is 1. The van der Waals surface area contributed by atoms with Crippen LogP contribution in [0.25, 0.3) is 11.0 Å². The maximum atomic E-state index is 12.3. The molecular weight excluding hydrogens is 408 g/mol. The van der Waals surface area contributed by atoms with Crippen molar-refractivity contribution in [3.05, 3.63) is 106 Å². The summed E-state index contributed by atoms with van der Waals surface area (Å²) in [6, 6.07) is 22.7. The van der Waals surface area contributed by atoms with Gasteiger partial charge in [0.2, 0.25) is 0 Å². The van der Waals surface area contributed by atoms with Crippen molar-refractivity contribution in [3.63, 3.8) is 0 Å². The van der Waals surface area contributed by atoms with Crippen LogP contribution in [-0.2, 0) is 22.6 Å². The predicted molar refractivity (Wildman–Crippen MR) is 118 cm³/mol. The summed E-state index contributed by atoms with van der Waals surface area (Å²) in [5.41, 5.74) is 2.29. The van der Waals surface area contributed by atoms with Crippen LogP contribution in [0.2, 0.25) is 0 Å². The Kier molecular flexibility index (Phi) is 6.36. The second-order valence-corrected chi connectivity index (χ2v) is 7.09. The molecule has 0 amide bonds. The third kappa shape index (κ3) is 5.26. The Morgan fingerprint density at radius 3 is 2.53 bits per heavy atom. The first-order valence-corrected chi connectivity index (χ1v) is 10.1. The number of hydrogen-bond donors (Lipinski definition) is 1. The lowest BCUT2D eigenvalue weighted by atomic mass is 10.1. The van der Waals surface area contributed by atoms with Crippen LogP contribution >= 0.6 is 0 Å². The van der Waals surface area contributed by atoms with Gasteiger partial charge in [-0.1, -0.05) is 42.5 Å². The van der Waals surface area contributed by atoms with Gasteiger partial charge in [-0.2, -0.15) is 0 Å². The lowest BCUT2D eigenvalue weighted by Gasteiger charge is -2.08. The lowest BCUT2D eigenvalue weighted by molar-refractivity contribution is -0.144. The van der Waals surface area contributed by atoms with E-state index in [9.17, 15) is 14.4 Å². The van der Waals surface area contributed by atoms with E-state index >= 15 is 0 Å². The molecule has 0 spiro atoms. The summed E-state index contributed by atoms with van der Waals surface area (Å²) in [7, 11) is 0. The lowest BCUT2D eigenvalue weighted by Crippen LogP contribution is -2.17. The van der Waals surface area contributed by atoms with Crippen molar-refractivity contribution in [2.45, 2.75) is 19.4 Å². The van der Waals surface area contributed by atoms with Crippen LogP contribution in [-0.4, -0.2) is 21.9 Å². The number of carbonyl (C=O) groups excluding carboxylic acids is 2. The van der Waals surface area contributed by atoms with Crippen molar-refractivity contribution in [2.24, 2.45) is 0 Å². The van der Waals surface area contributed by atoms with Gasteiger partial charge in [-0.15, -0.1) is 0 Å². The van der Waals surface area contributed by atoms with E-state index in [0.717, 1.165) is 0 Å². The number of aromatic nitrogens is 2. The van der Waals surface area contributed by atoms with E-state index in [1.54, 1.807) is 60.7 Å². The molecule has 0 saturated heterocycles. The molecule has 32 heavy (non-hydrogen) atoms. The molecule has 0 aliphatic carbocycles. The second-order valence-electron chi connectivity index (χ2n) is 7.09. The zero-order chi connectivity index (χ0) is 22.3. The number of esters is 2. The molecular formula is C25H20N2O5. The number of hydrogen-bond acceptors (Lipinski definition) is 6. The minimum absolute atomic E-state index is 0.00674. The molecule has 0 aliphatic rings. The summed E-state index contributed by atoms with van der Waals surface area (Å²) in [5, 5.41) is 0. The van der Waals surface area contributed by atoms with Gasteiger partial charge in [-0.25, -0.2) is 9.78 Å². The zero-order valence-corrected chi connectivity index (χ0v) is 17.1. The van der Waals surface area contributed by atoms with E-state index in [1.807, 2.05) is 18.2 Å². The monoisotopic (exact) mass is 428 g/mol. The number of para-hydroxylation sites is 3. The highest BCUT2D eigenvalue weighted by Gasteiger charge is 2.12. The van der Waals surface area contributed by atoms with E-state index in [4.69, 9.17) is 9.47 Å². The number of benzene rings is 3. The Balaban J connectivity index is 1.32. The highest BCUT2D eigenvalue weighted by molar-refractivity contribution is 5.91. The van der Waals surface area contributed by atoms with Crippen molar-refractivity contribution in [1.82, 2.24) is 9.97 Å². The summed E-state index contributed by atoms with van der Waals surface area (Å²) in [4.78, 5) is 43.7. The van der Waals surface area contributed by atoms with E-state index in [0.29, 0.717) is 27.9 Å². The summed E-state index contributed by atoms with van der Waals surface area (Å²) in [6.45, 7) is 0.00674.